The van der Waals surface area contributed by atoms with Crippen LogP contribution in [0.3, 0.4) is 0 Å². The van der Waals surface area contributed by atoms with Gasteiger partial charge in [0.15, 0.2) is 0 Å². The number of likely N-dealkylation sites (N-methyl/N-ethyl adjacent to an activating group) is 1. The first kappa shape index (κ1) is 14.5. The summed E-state index contributed by atoms with van der Waals surface area (Å²) in [5.41, 5.74) is 4.64. The Morgan fingerprint density at radius 2 is 2.18 bits per heavy atom. The Kier molecular flexibility index (Phi) is 4.20. The molecule has 1 fully saturated rings. The number of hydrogen-bond acceptors (Lipinski definition) is 3. The molecule has 2 unspecified atom stereocenters. The number of rotatable bonds is 3. The van der Waals surface area contributed by atoms with Crippen molar-refractivity contribution in [3.63, 3.8) is 0 Å². The van der Waals surface area contributed by atoms with E-state index in [1.165, 1.54) is 0 Å². The van der Waals surface area contributed by atoms with E-state index in [9.17, 15) is 9.90 Å². The van der Waals surface area contributed by atoms with Crippen molar-refractivity contribution in [2.24, 2.45) is 11.7 Å². The van der Waals surface area contributed by atoms with E-state index in [1.54, 1.807) is 25.8 Å². The Hall–Kier alpha value is -0.610. The Morgan fingerprint density at radius 3 is 2.65 bits per heavy atom. The highest BCUT2D eigenvalue weighted by atomic mass is 16.3. The molecule has 4 heteroatoms. The summed E-state index contributed by atoms with van der Waals surface area (Å²) < 4.78 is 0. The molecule has 1 aliphatic carbocycles. The van der Waals surface area contributed by atoms with Crippen molar-refractivity contribution < 1.29 is 9.90 Å². The van der Waals surface area contributed by atoms with Crippen molar-refractivity contribution in [1.29, 1.82) is 0 Å². The van der Waals surface area contributed by atoms with Crippen molar-refractivity contribution in [2.75, 3.05) is 13.6 Å². The molecule has 100 valence electrons. The van der Waals surface area contributed by atoms with Gasteiger partial charge in [-0.2, -0.15) is 0 Å². The first-order valence-corrected chi connectivity index (χ1v) is 6.41. The summed E-state index contributed by atoms with van der Waals surface area (Å²) in [6, 6.07) is 0. The van der Waals surface area contributed by atoms with E-state index in [4.69, 9.17) is 5.73 Å². The zero-order valence-electron chi connectivity index (χ0n) is 11.5. The number of nitrogens with zero attached hydrogens (tertiary/aromatic N) is 1. The van der Waals surface area contributed by atoms with E-state index in [0.29, 0.717) is 12.5 Å². The SMILES string of the molecule is CC1CCCC(N)(C(=O)N(C)CC(C)(C)O)C1. The highest BCUT2D eigenvalue weighted by Gasteiger charge is 2.40. The topological polar surface area (TPSA) is 66.6 Å². The Bertz CT molecular complexity index is 286. The van der Waals surface area contributed by atoms with Gasteiger partial charge < -0.3 is 15.7 Å². The largest absolute Gasteiger partial charge is 0.389 e. The zero-order valence-corrected chi connectivity index (χ0v) is 11.5. The second-order valence-electron chi connectivity index (χ2n) is 6.33. The van der Waals surface area contributed by atoms with Crippen LogP contribution in [0.2, 0.25) is 0 Å². The zero-order chi connectivity index (χ0) is 13.3. The number of hydrogen-bond donors (Lipinski definition) is 2. The molecule has 0 saturated heterocycles. The first-order valence-electron chi connectivity index (χ1n) is 6.41. The van der Waals surface area contributed by atoms with Crippen molar-refractivity contribution >= 4 is 5.91 Å². The van der Waals surface area contributed by atoms with Crippen LogP contribution in [0.5, 0.6) is 0 Å². The summed E-state index contributed by atoms with van der Waals surface area (Å²) in [7, 11) is 1.72. The molecule has 2 atom stereocenters. The summed E-state index contributed by atoms with van der Waals surface area (Å²) in [6.07, 6.45) is 3.68. The minimum Gasteiger partial charge on any atom is -0.389 e. The molecule has 0 radical (unpaired) electrons. The van der Waals surface area contributed by atoms with Crippen LogP contribution in [-0.4, -0.2) is 40.6 Å². The monoisotopic (exact) mass is 242 g/mol. The maximum absolute atomic E-state index is 12.3. The average molecular weight is 242 g/mol. The van der Waals surface area contributed by atoms with Gasteiger partial charge in [0.2, 0.25) is 5.91 Å². The van der Waals surface area contributed by atoms with E-state index in [2.05, 4.69) is 6.92 Å². The number of carbonyl (C=O) groups excluding carboxylic acids is 1. The molecule has 1 rings (SSSR count). The molecule has 1 saturated carbocycles. The van der Waals surface area contributed by atoms with Crippen LogP contribution in [0, 0.1) is 5.92 Å². The molecular formula is C13H26N2O2. The molecule has 0 aromatic rings. The molecule has 0 aromatic heterocycles. The van der Waals surface area contributed by atoms with Crippen molar-refractivity contribution in [3.05, 3.63) is 0 Å². The van der Waals surface area contributed by atoms with E-state index in [1.807, 2.05) is 0 Å². The number of carbonyl (C=O) groups is 1. The lowest BCUT2D eigenvalue weighted by molar-refractivity contribution is -0.140. The van der Waals surface area contributed by atoms with E-state index < -0.39 is 11.1 Å². The molecular weight excluding hydrogens is 216 g/mol. The predicted molar refractivity (Wildman–Crippen MR) is 68.5 cm³/mol. The number of aliphatic hydroxyl groups is 1. The van der Waals surface area contributed by atoms with E-state index >= 15 is 0 Å². The highest BCUT2D eigenvalue weighted by Crippen LogP contribution is 2.31. The molecule has 4 nitrogen and oxygen atoms in total. The summed E-state index contributed by atoms with van der Waals surface area (Å²) >= 11 is 0. The van der Waals surface area contributed by atoms with Gasteiger partial charge >= 0.3 is 0 Å². The van der Waals surface area contributed by atoms with Crippen LogP contribution in [-0.2, 0) is 4.79 Å². The Labute approximate surface area is 104 Å². The quantitative estimate of drug-likeness (QED) is 0.779. The third-order valence-electron chi connectivity index (χ3n) is 3.43. The molecule has 3 N–H and O–H groups in total. The lowest BCUT2D eigenvalue weighted by Crippen LogP contribution is -2.58. The third kappa shape index (κ3) is 3.96. The van der Waals surface area contributed by atoms with Gasteiger partial charge in [0, 0.05) is 13.6 Å². The molecule has 0 bridgehead atoms. The van der Waals surface area contributed by atoms with Crippen molar-refractivity contribution in [1.82, 2.24) is 4.90 Å². The second-order valence-corrected chi connectivity index (χ2v) is 6.33. The molecule has 0 aliphatic heterocycles. The van der Waals surface area contributed by atoms with Crippen LogP contribution < -0.4 is 5.73 Å². The van der Waals surface area contributed by atoms with Crippen LogP contribution >= 0.6 is 0 Å². The molecule has 1 amide bonds. The maximum atomic E-state index is 12.3. The number of nitrogens with two attached hydrogens (primary N) is 1. The molecule has 1 aliphatic rings. The predicted octanol–water partition coefficient (Wildman–Crippen LogP) is 1.12. The molecule has 0 aromatic carbocycles. The third-order valence-corrected chi connectivity index (χ3v) is 3.43. The highest BCUT2D eigenvalue weighted by molar-refractivity contribution is 5.86. The van der Waals surface area contributed by atoms with Gasteiger partial charge in [-0.1, -0.05) is 19.8 Å². The lowest BCUT2D eigenvalue weighted by atomic mass is 9.76. The molecule has 17 heavy (non-hydrogen) atoms. The van der Waals surface area contributed by atoms with Crippen LogP contribution in [0.15, 0.2) is 0 Å². The fraction of sp³-hybridized carbons (Fsp3) is 0.923. The minimum absolute atomic E-state index is 0.0359. The maximum Gasteiger partial charge on any atom is 0.242 e. The summed E-state index contributed by atoms with van der Waals surface area (Å²) in [6.45, 7) is 5.86. The van der Waals surface area contributed by atoms with Gasteiger partial charge in [-0.15, -0.1) is 0 Å². The van der Waals surface area contributed by atoms with Gasteiger partial charge in [-0.25, -0.2) is 0 Å². The first-order chi connectivity index (χ1) is 7.64. The molecule has 0 spiro atoms. The fourth-order valence-electron chi connectivity index (χ4n) is 2.82. The van der Waals surface area contributed by atoms with E-state index in [-0.39, 0.29) is 5.91 Å². The van der Waals surface area contributed by atoms with Gasteiger partial charge in [-0.05, 0) is 32.6 Å². The summed E-state index contributed by atoms with van der Waals surface area (Å²) in [5, 5.41) is 9.74. The van der Waals surface area contributed by atoms with Gasteiger partial charge in [0.25, 0.3) is 0 Å². The van der Waals surface area contributed by atoms with Crippen LogP contribution in [0.25, 0.3) is 0 Å². The van der Waals surface area contributed by atoms with Gasteiger partial charge in [-0.3, -0.25) is 4.79 Å². The smallest absolute Gasteiger partial charge is 0.242 e. The number of amides is 1. The second kappa shape index (κ2) is 4.94. The minimum atomic E-state index is -0.874. The lowest BCUT2D eigenvalue weighted by Gasteiger charge is -2.39. The van der Waals surface area contributed by atoms with E-state index in [0.717, 1.165) is 25.7 Å². The summed E-state index contributed by atoms with van der Waals surface area (Å²) in [5.74, 6) is 0.472. The van der Waals surface area contributed by atoms with Crippen LogP contribution in [0.4, 0.5) is 0 Å². The van der Waals surface area contributed by atoms with Crippen molar-refractivity contribution in [3.8, 4) is 0 Å². The average Bonchev–Trinajstić information content (AvgIpc) is 2.13. The normalized spacial score (nSPS) is 30.1. The van der Waals surface area contributed by atoms with Crippen LogP contribution in [0.1, 0.15) is 46.5 Å². The van der Waals surface area contributed by atoms with Gasteiger partial charge in [0.05, 0.1) is 11.1 Å². The standard InChI is InChI=1S/C13H26N2O2/c1-10-6-5-7-13(14,8-10)11(16)15(4)9-12(2,3)17/h10,17H,5-9,14H2,1-4H3. The molecule has 0 heterocycles. The van der Waals surface area contributed by atoms with Crippen molar-refractivity contribution in [2.45, 2.75) is 57.6 Å². The Morgan fingerprint density at radius 1 is 1.59 bits per heavy atom. The fourth-order valence-corrected chi connectivity index (χ4v) is 2.82. The summed E-state index contributed by atoms with van der Waals surface area (Å²) in [4.78, 5) is 13.9. The Balaban J connectivity index is 2.67. The van der Waals surface area contributed by atoms with Gasteiger partial charge in [0.1, 0.15) is 0 Å².